The number of aryl methyl sites for hydroxylation is 1. The van der Waals surface area contributed by atoms with E-state index in [0.29, 0.717) is 16.7 Å². The van der Waals surface area contributed by atoms with Gasteiger partial charge in [0.2, 0.25) is 5.78 Å². The second-order valence-electron chi connectivity index (χ2n) is 6.84. The molecule has 0 bridgehead atoms. The summed E-state index contributed by atoms with van der Waals surface area (Å²) in [6.07, 6.45) is 1.28. The third kappa shape index (κ3) is 3.48. The van der Waals surface area contributed by atoms with Gasteiger partial charge in [0.15, 0.2) is 5.76 Å². The lowest BCUT2D eigenvalue weighted by Crippen LogP contribution is -2.11. The molecule has 0 radical (unpaired) electrons. The van der Waals surface area contributed by atoms with Gasteiger partial charge in [-0.3, -0.25) is 4.79 Å². The molecule has 6 heteroatoms. The zero-order valence-corrected chi connectivity index (χ0v) is 16.9. The van der Waals surface area contributed by atoms with Crippen molar-refractivity contribution in [3.05, 3.63) is 99.0 Å². The fourth-order valence-corrected chi connectivity index (χ4v) is 3.43. The van der Waals surface area contributed by atoms with Gasteiger partial charge < -0.3 is 9.47 Å². The average Bonchev–Trinajstić information content (AvgIpc) is 3.03. The predicted molar refractivity (Wildman–Crippen MR) is 112 cm³/mol. The molecule has 0 fully saturated rings. The molecule has 0 spiro atoms. The summed E-state index contributed by atoms with van der Waals surface area (Å²) >= 11 is 6.04. The number of carbonyl (C=O) groups is 2. The van der Waals surface area contributed by atoms with Crippen LogP contribution in [0.4, 0.5) is 4.39 Å². The Kier molecular flexibility index (Phi) is 5.14. The van der Waals surface area contributed by atoms with Gasteiger partial charge in [-0.15, -0.1) is 0 Å². The topological polar surface area (TPSA) is 52.6 Å². The lowest BCUT2D eigenvalue weighted by molar-refractivity contribution is 0.0732. The van der Waals surface area contributed by atoms with Gasteiger partial charge in [-0.1, -0.05) is 35.9 Å². The van der Waals surface area contributed by atoms with Crippen molar-refractivity contribution in [3.8, 4) is 11.5 Å². The minimum atomic E-state index is -0.563. The van der Waals surface area contributed by atoms with Gasteiger partial charge >= 0.3 is 5.97 Å². The molecular weight excluding hydrogens is 407 g/mol. The molecule has 4 nitrogen and oxygen atoms in total. The monoisotopic (exact) mass is 422 g/mol. The molecule has 3 aromatic carbocycles. The van der Waals surface area contributed by atoms with Crippen molar-refractivity contribution < 1.29 is 23.5 Å². The maximum atomic E-state index is 14.1. The van der Waals surface area contributed by atoms with Crippen molar-refractivity contribution in [2.75, 3.05) is 0 Å². The highest BCUT2D eigenvalue weighted by Gasteiger charge is 2.31. The minimum absolute atomic E-state index is 0.0533. The number of rotatable bonds is 3. The van der Waals surface area contributed by atoms with Crippen LogP contribution in [0.1, 0.15) is 37.4 Å². The number of allylic oxidation sites excluding steroid dienone is 1. The summed E-state index contributed by atoms with van der Waals surface area (Å²) in [4.78, 5) is 25.2. The summed E-state index contributed by atoms with van der Waals surface area (Å²) < 4.78 is 25.3. The lowest BCUT2D eigenvalue weighted by Gasteiger charge is -2.11. The van der Waals surface area contributed by atoms with Gasteiger partial charge in [0.25, 0.3) is 0 Å². The molecule has 1 heterocycles. The van der Waals surface area contributed by atoms with Crippen LogP contribution in [0.25, 0.3) is 6.08 Å². The van der Waals surface area contributed by atoms with Crippen molar-refractivity contribution in [2.45, 2.75) is 13.8 Å². The standard InChI is InChI=1S/C24H16ClFO4/c1-13-6-3-4-7-15(13)24(28)30-20-11-10-16-22(27)21(29-23(16)14(20)2)12-17-18(25)8-5-9-19(17)26/h3-12H,1-2H3/b21-12-. The Morgan fingerprint density at radius 3 is 2.57 bits per heavy atom. The molecular formula is C24H16ClFO4. The van der Waals surface area contributed by atoms with E-state index in [4.69, 9.17) is 21.1 Å². The van der Waals surface area contributed by atoms with E-state index in [2.05, 4.69) is 0 Å². The zero-order valence-electron chi connectivity index (χ0n) is 16.2. The molecule has 3 aromatic rings. The van der Waals surface area contributed by atoms with Crippen molar-refractivity contribution in [3.63, 3.8) is 0 Å². The number of fused-ring (bicyclic) bond motifs is 1. The maximum absolute atomic E-state index is 14.1. The van der Waals surface area contributed by atoms with Crippen LogP contribution >= 0.6 is 11.6 Å². The summed E-state index contributed by atoms with van der Waals surface area (Å²) in [5.74, 6) is -0.971. The summed E-state index contributed by atoms with van der Waals surface area (Å²) in [5, 5.41) is 0.166. The Labute approximate surface area is 177 Å². The number of ether oxygens (including phenoxy) is 2. The smallest absolute Gasteiger partial charge is 0.343 e. The zero-order chi connectivity index (χ0) is 21.4. The Bertz CT molecular complexity index is 1210. The maximum Gasteiger partial charge on any atom is 0.343 e. The van der Waals surface area contributed by atoms with E-state index in [1.807, 2.05) is 19.1 Å². The molecule has 0 atom stereocenters. The quantitative estimate of drug-likeness (QED) is 0.298. The van der Waals surface area contributed by atoms with E-state index >= 15 is 0 Å². The summed E-state index contributed by atoms with van der Waals surface area (Å²) in [7, 11) is 0. The van der Waals surface area contributed by atoms with Crippen molar-refractivity contribution in [1.82, 2.24) is 0 Å². The molecule has 0 saturated carbocycles. The fraction of sp³-hybridized carbons (Fsp3) is 0.0833. The fourth-order valence-electron chi connectivity index (χ4n) is 3.22. The van der Waals surface area contributed by atoms with Gasteiger partial charge in [0, 0.05) is 11.1 Å². The van der Waals surface area contributed by atoms with Gasteiger partial charge in [-0.05, 0) is 55.8 Å². The van der Waals surface area contributed by atoms with E-state index in [1.54, 1.807) is 25.1 Å². The molecule has 4 rings (SSSR count). The highest BCUT2D eigenvalue weighted by molar-refractivity contribution is 6.32. The largest absolute Gasteiger partial charge is 0.452 e. The number of hydrogen-bond acceptors (Lipinski definition) is 4. The first-order valence-corrected chi connectivity index (χ1v) is 9.54. The molecule has 1 aliphatic rings. The van der Waals surface area contributed by atoms with Crippen LogP contribution in [0.5, 0.6) is 11.5 Å². The number of esters is 1. The van der Waals surface area contributed by atoms with Crippen molar-refractivity contribution in [1.29, 1.82) is 0 Å². The Hall–Kier alpha value is -3.44. The third-order valence-corrected chi connectivity index (χ3v) is 5.21. The molecule has 0 aromatic heterocycles. The van der Waals surface area contributed by atoms with Gasteiger partial charge in [0.1, 0.15) is 17.3 Å². The van der Waals surface area contributed by atoms with E-state index in [1.165, 1.54) is 30.3 Å². The first kappa shape index (κ1) is 19.9. The number of hydrogen-bond donors (Lipinski definition) is 0. The number of carbonyl (C=O) groups excluding carboxylic acids is 2. The number of benzene rings is 3. The average molecular weight is 423 g/mol. The molecule has 150 valence electrons. The molecule has 0 aliphatic carbocycles. The SMILES string of the molecule is Cc1ccccc1C(=O)Oc1ccc2c(c1C)O/C(=C\c1c(F)cccc1Cl)C2=O. The second-order valence-corrected chi connectivity index (χ2v) is 7.25. The number of ketones is 1. The number of Topliss-reactive ketones (excluding diaryl/α,β-unsaturated/α-hetero) is 1. The first-order chi connectivity index (χ1) is 14.4. The van der Waals surface area contributed by atoms with Gasteiger partial charge in [0.05, 0.1) is 16.1 Å². The van der Waals surface area contributed by atoms with E-state index in [9.17, 15) is 14.0 Å². The Balaban J connectivity index is 1.66. The van der Waals surface area contributed by atoms with E-state index in [0.717, 1.165) is 5.56 Å². The van der Waals surface area contributed by atoms with Crippen LogP contribution in [0, 0.1) is 19.7 Å². The van der Waals surface area contributed by atoms with E-state index in [-0.39, 0.29) is 27.8 Å². The summed E-state index contributed by atoms with van der Waals surface area (Å²) in [5.41, 5.74) is 2.11. The predicted octanol–water partition coefficient (Wildman–Crippen LogP) is 5.93. The first-order valence-electron chi connectivity index (χ1n) is 9.16. The minimum Gasteiger partial charge on any atom is -0.452 e. The normalized spacial score (nSPS) is 13.9. The molecule has 1 aliphatic heterocycles. The molecule has 0 amide bonds. The lowest BCUT2D eigenvalue weighted by atomic mass is 10.1. The van der Waals surface area contributed by atoms with Crippen LogP contribution in [-0.4, -0.2) is 11.8 Å². The summed E-state index contributed by atoms with van der Waals surface area (Å²) in [6.45, 7) is 3.50. The Morgan fingerprint density at radius 1 is 1.07 bits per heavy atom. The van der Waals surface area contributed by atoms with Crippen LogP contribution in [0.2, 0.25) is 5.02 Å². The third-order valence-electron chi connectivity index (χ3n) is 4.88. The molecule has 0 N–H and O–H groups in total. The van der Waals surface area contributed by atoms with Crippen LogP contribution in [-0.2, 0) is 0 Å². The van der Waals surface area contributed by atoms with Crippen molar-refractivity contribution >= 4 is 29.4 Å². The highest BCUT2D eigenvalue weighted by atomic mass is 35.5. The second kappa shape index (κ2) is 7.76. The van der Waals surface area contributed by atoms with Gasteiger partial charge in [-0.25, -0.2) is 9.18 Å². The van der Waals surface area contributed by atoms with Crippen molar-refractivity contribution in [2.24, 2.45) is 0 Å². The Morgan fingerprint density at radius 2 is 1.83 bits per heavy atom. The van der Waals surface area contributed by atoms with Crippen LogP contribution in [0.3, 0.4) is 0 Å². The van der Waals surface area contributed by atoms with Crippen LogP contribution < -0.4 is 9.47 Å². The molecule has 0 unspecified atom stereocenters. The molecule has 30 heavy (non-hydrogen) atoms. The highest BCUT2D eigenvalue weighted by Crippen LogP contribution is 2.40. The van der Waals surface area contributed by atoms with Crippen LogP contribution in [0.15, 0.2) is 60.4 Å². The van der Waals surface area contributed by atoms with Gasteiger partial charge in [-0.2, -0.15) is 0 Å². The van der Waals surface area contributed by atoms with E-state index < -0.39 is 17.6 Å². The number of halogens is 2. The molecule has 0 saturated heterocycles. The summed E-state index contributed by atoms with van der Waals surface area (Å²) in [6, 6.07) is 14.4.